The van der Waals surface area contributed by atoms with Crippen LogP contribution in [0.1, 0.15) is 17.5 Å². The van der Waals surface area contributed by atoms with Crippen molar-refractivity contribution in [2.24, 2.45) is 0 Å². The highest BCUT2D eigenvalue weighted by molar-refractivity contribution is 5.30. The molecule has 0 spiro atoms. The number of aryl methyl sites for hydroxylation is 2. The van der Waals surface area contributed by atoms with Gasteiger partial charge in [-0.05, 0) is 30.4 Å². The Kier molecular flexibility index (Phi) is 3.79. The van der Waals surface area contributed by atoms with E-state index >= 15 is 0 Å². The Morgan fingerprint density at radius 2 is 1.27 bits per heavy atom. The third-order valence-electron chi connectivity index (χ3n) is 2.01. The summed E-state index contributed by atoms with van der Waals surface area (Å²) in [6, 6.07) is 8.74. The molecule has 2 heteroatoms. The summed E-state index contributed by atoms with van der Waals surface area (Å²) in [4.78, 5) is 0. The van der Waals surface area contributed by atoms with E-state index in [9.17, 15) is 0 Å². The van der Waals surface area contributed by atoms with Gasteiger partial charge in [-0.15, -0.1) is 0 Å². The largest absolute Gasteiger partial charge is 0.344 e. The van der Waals surface area contributed by atoms with Crippen LogP contribution in [0.15, 0.2) is 24.3 Å². The molecule has 1 aliphatic rings. The van der Waals surface area contributed by atoms with Crippen molar-refractivity contribution in [1.82, 2.24) is 12.3 Å². The monoisotopic (exact) mass is 152 g/mol. The predicted octanol–water partition coefficient (Wildman–Crippen LogP) is 2.50. The van der Waals surface area contributed by atoms with Gasteiger partial charge in [0.2, 0.25) is 0 Å². The summed E-state index contributed by atoms with van der Waals surface area (Å²) < 4.78 is 0. The topological polar surface area (TPSA) is 70.0 Å². The van der Waals surface area contributed by atoms with Crippen molar-refractivity contribution in [2.75, 3.05) is 0 Å². The third kappa shape index (κ3) is 1.79. The molecule has 62 valence electrons. The molecule has 1 aromatic rings. The van der Waals surface area contributed by atoms with Crippen molar-refractivity contribution in [3.63, 3.8) is 0 Å². The summed E-state index contributed by atoms with van der Waals surface area (Å²) in [6.07, 6.45) is 3.96. The van der Waals surface area contributed by atoms with Crippen molar-refractivity contribution in [1.29, 1.82) is 0 Å². The van der Waals surface area contributed by atoms with E-state index in [1.807, 2.05) is 0 Å². The van der Waals surface area contributed by atoms with E-state index in [0.717, 1.165) is 0 Å². The number of benzene rings is 1. The van der Waals surface area contributed by atoms with Crippen LogP contribution >= 0.6 is 0 Å². The minimum absolute atomic E-state index is 0. The van der Waals surface area contributed by atoms with E-state index in [1.54, 1.807) is 11.1 Å². The molecule has 1 aromatic carbocycles. The zero-order valence-corrected chi connectivity index (χ0v) is 6.84. The molecule has 0 aromatic heterocycles. The van der Waals surface area contributed by atoms with Crippen molar-refractivity contribution < 1.29 is 0 Å². The highest BCUT2D eigenvalue weighted by atomic mass is 14.1. The van der Waals surface area contributed by atoms with Gasteiger partial charge in [-0.2, -0.15) is 0 Å². The van der Waals surface area contributed by atoms with Crippen molar-refractivity contribution in [3.05, 3.63) is 35.4 Å². The number of hydrogen-bond acceptors (Lipinski definition) is 2. The lowest BCUT2D eigenvalue weighted by atomic mass is 10.1. The molecule has 0 heterocycles. The first kappa shape index (κ1) is 10.1. The fraction of sp³-hybridized carbons (Fsp3) is 0.333. The molecule has 11 heavy (non-hydrogen) atoms. The molecule has 0 bridgehead atoms. The van der Waals surface area contributed by atoms with Crippen LogP contribution in [0.2, 0.25) is 0 Å². The van der Waals surface area contributed by atoms with Crippen LogP contribution in [0.25, 0.3) is 0 Å². The molecule has 0 amide bonds. The van der Waals surface area contributed by atoms with Crippen LogP contribution in [0.5, 0.6) is 0 Å². The number of fused-ring (bicyclic) bond motifs is 1. The normalized spacial score (nSPS) is 12.7. The number of hydrogen-bond donors (Lipinski definition) is 2. The van der Waals surface area contributed by atoms with Crippen molar-refractivity contribution >= 4 is 0 Å². The van der Waals surface area contributed by atoms with Crippen LogP contribution in [-0.2, 0) is 12.8 Å². The second-order valence-electron chi connectivity index (χ2n) is 2.62. The fourth-order valence-electron chi connectivity index (χ4n) is 1.51. The lowest BCUT2D eigenvalue weighted by Gasteiger charge is -1.93. The van der Waals surface area contributed by atoms with E-state index in [2.05, 4.69) is 24.3 Å². The van der Waals surface area contributed by atoms with E-state index in [1.165, 1.54) is 19.3 Å². The summed E-state index contributed by atoms with van der Waals surface area (Å²) in [6.45, 7) is 0. The van der Waals surface area contributed by atoms with Gasteiger partial charge < -0.3 is 12.3 Å². The highest BCUT2D eigenvalue weighted by Gasteiger charge is 2.07. The summed E-state index contributed by atoms with van der Waals surface area (Å²) in [5, 5.41) is 0. The van der Waals surface area contributed by atoms with Gasteiger partial charge in [0.05, 0.1) is 0 Å². The molecule has 0 saturated heterocycles. The Morgan fingerprint density at radius 3 is 1.73 bits per heavy atom. The third-order valence-corrected chi connectivity index (χ3v) is 2.01. The van der Waals surface area contributed by atoms with Gasteiger partial charge in [0.15, 0.2) is 0 Å². The fourth-order valence-corrected chi connectivity index (χ4v) is 1.51. The minimum atomic E-state index is 0. The molecule has 2 nitrogen and oxygen atoms in total. The van der Waals surface area contributed by atoms with Crippen LogP contribution in [0.3, 0.4) is 0 Å². The maximum absolute atomic E-state index is 2.24. The SMILES string of the molecule is N.N.c1ccc2c(c1)CCC2. The molecule has 2 rings (SSSR count). The van der Waals surface area contributed by atoms with Crippen LogP contribution in [0, 0.1) is 0 Å². The highest BCUT2D eigenvalue weighted by Crippen LogP contribution is 2.20. The van der Waals surface area contributed by atoms with E-state index in [-0.39, 0.29) is 12.3 Å². The second kappa shape index (κ2) is 4.11. The summed E-state index contributed by atoms with van der Waals surface area (Å²) in [7, 11) is 0. The molecule has 0 radical (unpaired) electrons. The quantitative estimate of drug-likeness (QED) is 0.599. The van der Waals surface area contributed by atoms with Gasteiger partial charge >= 0.3 is 0 Å². The molecular formula is C9H16N2. The molecule has 0 saturated carbocycles. The first-order valence-electron chi connectivity index (χ1n) is 3.53. The van der Waals surface area contributed by atoms with Crippen LogP contribution in [0.4, 0.5) is 0 Å². The second-order valence-corrected chi connectivity index (χ2v) is 2.62. The average Bonchev–Trinajstić information content (AvgIpc) is 2.33. The van der Waals surface area contributed by atoms with Gasteiger partial charge in [-0.25, -0.2) is 0 Å². The van der Waals surface area contributed by atoms with Gasteiger partial charge in [0.25, 0.3) is 0 Å². The van der Waals surface area contributed by atoms with E-state index in [0.29, 0.717) is 0 Å². The Hall–Kier alpha value is -0.860. The van der Waals surface area contributed by atoms with Gasteiger partial charge in [0.1, 0.15) is 0 Å². The average molecular weight is 152 g/mol. The molecule has 0 unspecified atom stereocenters. The smallest absolute Gasteiger partial charge is 0.0273 e. The lowest BCUT2D eigenvalue weighted by Crippen LogP contribution is -1.77. The maximum atomic E-state index is 2.24. The Labute approximate surface area is 67.8 Å². The van der Waals surface area contributed by atoms with Crippen LogP contribution < -0.4 is 12.3 Å². The molecule has 0 aliphatic heterocycles. The minimum Gasteiger partial charge on any atom is -0.344 e. The van der Waals surface area contributed by atoms with Gasteiger partial charge in [-0.3, -0.25) is 0 Å². The van der Waals surface area contributed by atoms with Crippen molar-refractivity contribution in [2.45, 2.75) is 19.3 Å². The van der Waals surface area contributed by atoms with Crippen molar-refractivity contribution in [3.8, 4) is 0 Å². The zero-order valence-electron chi connectivity index (χ0n) is 6.84. The lowest BCUT2D eigenvalue weighted by molar-refractivity contribution is 0.912. The molecular weight excluding hydrogens is 136 g/mol. The first-order valence-corrected chi connectivity index (χ1v) is 3.53. The zero-order chi connectivity index (χ0) is 6.10. The molecule has 6 N–H and O–H groups in total. The van der Waals surface area contributed by atoms with E-state index < -0.39 is 0 Å². The summed E-state index contributed by atoms with van der Waals surface area (Å²) in [5.41, 5.74) is 3.13. The first-order chi connectivity index (χ1) is 4.47. The standard InChI is InChI=1S/C9H10.2H3N/c1-2-5-9-7-3-6-8(9)4-1;;/h1-2,4-5H,3,6-7H2;2*1H3. The summed E-state index contributed by atoms with van der Waals surface area (Å²) >= 11 is 0. The molecule has 1 aliphatic carbocycles. The van der Waals surface area contributed by atoms with Crippen LogP contribution in [-0.4, -0.2) is 0 Å². The molecule has 0 fully saturated rings. The molecule has 0 atom stereocenters. The Balaban J connectivity index is 0.000000500. The predicted molar refractivity (Wildman–Crippen MR) is 48.5 cm³/mol. The van der Waals surface area contributed by atoms with Gasteiger partial charge in [-0.1, -0.05) is 24.3 Å². The van der Waals surface area contributed by atoms with E-state index in [4.69, 9.17) is 0 Å². The Morgan fingerprint density at radius 1 is 0.818 bits per heavy atom. The number of rotatable bonds is 0. The maximum Gasteiger partial charge on any atom is -0.0273 e. The summed E-state index contributed by atoms with van der Waals surface area (Å²) in [5.74, 6) is 0. The Bertz CT molecular complexity index is 198. The van der Waals surface area contributed by atoms with Gasteiger partial charge in [0, 0.05) is 0 Å².